The zero-order valence-electron chi connectivity index (χ0n) is 18.8. The Kier molecular flexibility index (Phi) is 7.74. The summed E-state index contributed by atoms with van der Waals surface area (Å²) >= 11 is 0.693. The van der Waals surface area contributed by atoms with Crippen LogP contribution in [0, 0.1) is 20.2 Å². The second-order valence-electron chi connectivity index (χ2n) is 6.94. The van der Waals surface area contributed by atoms with E-state index >= 15 is 0 Å². The third kappa shape index (κ3) is 5.36. The minimum Gasteiger partial charge on any atom is -0.493 e. The molecule has 13 nitrogen and oxygen atoms in total. The number of non-ortho nitro benzene ring substituents is 1. The number of nitrogens with zero attached hydrogens (tertiary/aromatic N) is 4. The number of methoxy groups -OCH3 is 2. The average molecular weight is 535 g/mol. The molecule has 2 aromatic carbocycles. The van der Waals surface area contributed by atoms with E-state index < -0.39 is 25.8 Å². The van der Waals surface area contributed by atoms with Gasteiger partial charge >= 0.3 is 0 Å². The zero-order chi connectivity index (χ0) is 26.6. The molecular formula is C21H18N4O9S2. The third-order valence-electron chi connectivity index (χ3n) is 4.76. The van der Waals surface area contributed by atoms with Crippen molar-refractivity contribution in [3.8, 4) is 11.5 Å². The molecule has 0 unspecified atom stereocenters. The third-order valence-corrected chi connectivity index (χ3v) is 7.16. The fourth-order valence-electron chi connectivity index (χ4n) is 3.06. The molecule has 36 heavy (non-hydrogen) atoms. The molecule has 0 aromatic heterocycles. The van der Waals surface area contributed by atoms with Gasteiger partial charge in [-0.25, -0.2) is 0 Å². The molecule has 0 spiro atoms. The van der Waals surface area contributed by atoms with E-state index in [9.17, 15) is 33.4 Å². The lowest BCUT2D eigenvalue weighted by Gasteiger charge is -2.12. The molecule has 0 atom stereocenters. The van der Waals surface area contributed by atoms with Crippen LogP contribution < -0.4 is 9.47 Å². The first kappa shape index (κ1) is 26.4. The van der Waals surface area contributed by atoms with Crippen LogP contribution in [0.5, 0.6) is 11.5 Å². The number of nitro groups is 2. The van der Waals surface area contributed by atoms with Crippen molar-refractivity contribution in [2.45, 2.75) is 4.90 Å². The summed E-state index contributed by atoms with van der Waals surface area (Å²) in [5.41, 5.74) is -0.652. The summed E-state index contributed by atoms with van der Waals surface area (Å²) in [4.78, 5) is 34.8. The predicted octanol–water partition coefficient (Wildman–Crippen LogP) is 3.37. The van der Waals surface area contributed by atoms with E-state index in [4.69, 9.17) is 9.47 Å². The van der Waals surface area contributed by atoms with Crippen molar-refractivity contribution in [1.29, 1.82) is 0 Å². The van der Waals surface area contributed by atoms with Crippen LogP contribution in [0.25, 0.3) is 6.08 Å². The van der Waals surface area contributed by atoms with Gasteiger partial charge in [0.2, 0.25) is 0 Å². The molecular weight excluding hydrogens is 516 g/mol. The standard InChI is InChI=1S/C21H18N4O9S2/c1-4-9-23-20(26)19(11-13-10-17(33-2)18(34-3)12-16(13)25(29)30)35-21(23)22-36(31,32)15-7-5-14(6-8-15)24(27)28/h4-8,10-12H,1,9H2,2-3H3/b19-11+,22-21?. The van der Waals surface area contributed by atoms with Gasteiger partial charge in [-0.05, 0) is 36.0 Å². The van der Waals surface area contributed by atoms with Crippen LogP contribution >= 0.6 is 11.8 Å². The van der Waals surface area contributed by atoms with Gasteiger partial charge in [-0.15, -0.1) is 11.0 Å². The Morgan fingerprint density at radius 2 is 1.69 bits per heavy atom. The zero-order valence-corrected chi connectivity index (χ0v) is 20.4. The quantitative estimate of drug-likeness (QED) is 0.201. The molecule has 0 aliphatic carbocycles. The molecule has 3 rings (SSSR count). The number of thioether (sulfide) groups is 1. The van der Waals surface area contributed by atoms with E-state index in [2.05, 4.69) is 11.0 Å². The van der Waals surface area contributed by atoms with E-state index in [-0.39, 0.29) is 50.0 Å². The van der Waals surface area contributed by atoms with Gasteiger partial charge in [0.1, 0.15) is 0 Å². The van der Waals surface area contributed by atoms with Crippen LogP contribution in [-0.4, -0.2) is 55.0 Å². The Hall–Kier alpha value is -4.24. The summed E-state index contributed by atoms with van der Waals surface area (Å²) in [7, 11) is -1.69. The molecule has 1 saturated heterocycles. The van der Waals surface area contributed by atoms with Crippen LogP contribution in [-0.2, 0) is 14.8 Å². The van der Waals surface area contributed by atoms with Crippen LogP contribution in [0.4, 0.5) is 11.4 Å². The SMILES string of the molecule is C=CCN1C(=O)/C(=C\c2cc(OC)c(OC)cc2[N+](=O)[O-])SC1=NS(=O)(=O)c1ccc([N+](=O)[O-])cc1. The topological polar surface area (TPSA) is 172 Å². The second kappa shape index (κ2) is 10.6. The Labute approximate surface area is 209 Å². The molecule has 0 radical (unpaired) electrons. The molecule has 1 amide bonds. The number of sulfonamides is 1. The molecule has 2 aromatic rings. The molecule has 15 heteroatoms. The maximum atomic E-state index is 13.0. The van der Waals surface area contributed by atoms with Gasteiger partial charge in [0.15, 0.2) is 16.7 Å². The molecule has 1 aliphatic heterocycles. The highest BCUT2D eigenvalue weighted by Crippen LogP contribution is 2.39. The van der Waals surface area contributed by atoms with Crippen LogP contribution in [0.15, 0.2) is 63.3 Å². The van der Waals surface area contributed by atoms with Gasteiger partial charge in [0, 0.05) is 18.7 Å². The maximum absolute atomic E-state index is 13.0. The first-order chi connectivity index (χ1) is 17.0. The summed E-state index contributed by atoms with van der Waals surface area (Å²) < 4.78 is 39.6. The number of hydrogen-bond acceptors (Lipinski definition) is 10. The van der Waals surface area contributed by atoms with Crippen molar-refractivity contribution in [1.82, 2.24) is 4.90 Å². The van der Waals surface area contributed by atoms with E-state index in [1.54, 1.807) is 0 Å². The van der Waals surface area contributed by atoms with Crippen molar-refractivity contribution >= 4 is 50.3 Å². The minimum atomic E-state index is -4.35. The number of carbonyl (C=O) groups excluding carboxylic acids is 1. The molecule has 0 saturated carbocycles. The minimum absolute atomic E-state index is 0.0199. The fourth-order valence-corrected chi connectivity index (χ4v) is 5.24. The average Bonchev–Trinajstić information content (AvgIpc) is 3.12. The number of benzene rings is 2. The fraction of sp³-hybridized carbons (Fsp3) is 0.143. The van der Waals surface area contributed by atoms with Crippen LogP contribution in [0.1, 0.15) is 5.56 Å². The normalized spacial score (nSPS) is 15.8. The van der Waals surface area contributed by atoms with Crippen LogP contribution in [0.2, 0.25) is 0 Å². The predicted molar refractivity (Wildman–Crippen MR) is 131 cm³/mol. The lowest BCUT2D eigenvalue weighted by Crippen LogP contribution is -2.29. The van der Waals surface area contributed by atoms with Crippen molar-refractivity contribution in [2.75, 3.05) is 20.8 Å². The largest absolute Gasteiger partial charge is 0.493 e. The Bertz CT molecular complexity index is 1420. The van der Waals surface area contributed by atoms with Gasteiger partial charge in [0.25, 0.3) is 27.3 Å². The van der Waals surface area contributed by atoms with Crippen molar-refractivity contribution in [3.63, 3.8) is 0 Å². The van der Waals surface area contributed by atoms with Gasteiger partial charge in [-0.3, -0.25) is 29.9 Å². The molecule has 0 bridgehead atoms. The number of hydrogen-bond donors (Lipinski definition) is 0. The summed E-state index contributed by atoms with van der Waals surface area (Å²) in [6.07, 6.45) is 2.58. The molecule has 1 aliphatic rings. The number of amides is 1. The monoisotopic (exact) mass is 534 g/mol. The number of rotatable bonds is 9. The maximum Gasteiger partial charge on any atom is 0.284 e. The summed E-state index contributed by atoms with van der Waals surface area (Å²) in [6.45, 7) is 3.46. The number of nitro benzene ring substituents is 2. The van der Waals surface area contributed by atoms with Gasteiger partial charge in [0.05, 0.1) is 45.5 Å². The van der Waals surface area contributed by atoms with Crippen LogP contribution in [0.3, 0.4) is 0 Å². The highest BCUT2D eigenvalue weighted by molar-refractivity contribution is 8.19. The summed E-state index contributed by atoms with van der Waals surface area (Å²) in [6, 6.07) is 6.55. The molecule has 1 heterocycles. The van der Waals surface area contributed by atoms with E-state index in [0.717, 1.165) is 35.2 Å². The summed E-state index contributed by atoms with van der Waals surface area (Å²) in [5.74, 6) is -0.355. The van der Waals surface area contributed by atoms with Gasteiger partial charge in [-0.2, -0.15) is 8.42 Å². The Morgan fingerprint density at radius 1 is 1.08 bits per heavy atom. The lowest BCUT2D eigenvalue weighted by atomic mass is 10.1. The van der Waals surface area contributed by atoms with E-state index in [0.29, 0.717) is 11.8 Å². The second-order valence-corrected chi connectivity index (χ2v) is 9.55. The van der Waals surface area contributed by atoms with E-state index in [1.807, 2.05) is 0 Å². The van der Waals surface area contributed by atoms with E-state index in [1.165, 1.54) is 32.4 Å². The lowest BCUT2D eigenvalue weighted by molar-refractivity contribution is -0.385. The highest BCUT2D eigenvalue weighted by atomic mass is 32.2. The molecule has 0 N–H and O–H groups in total. The number of amidine groups is 1. The number of ether oxygens (including phenoxy) is 2. The van der Waals surface area contributed by atoms with Crippen molar-refractivity contribution in [2.24, 2.45) is 4.40 Å². The number of carbonyl (C=O) groups is 1. The summed E-state index contributed by atoms with van der Waals surface area (Å²) in [5, 5.41) is 22.2. The first-order valence-electron chi connectivity index (χ1n) is 9.84. The Morgan fingerprint density at radius 3 is 2.22 bits per heavy atom. The van der Waals surface area contributed by atoms with Gasteiger partial charge in [-0.1, -0.05) is 6.08 Å². The Balaban J connectivity index is 2.07. The molecule has 1 fully saturated rings. The van der Waals surface area contributed by atoms with Gasteiger partial charge < -0.3 is 9.47 Å². The van der Waals surface area contributed by atoms with Crippen molar-refractivity contribution < 1.29 is 32.5 Å². The first-order valence-corrected chi connectivity index (χ1v) is 12.1. The smallest absolute Gasteiger partial charge is 0.284 e. The molecule has 188 valence electrons. The highest BCUT2D eigenvalue weighted by Gasteiger charge is 2.35. The van der Waals surface area contributed by atoms with Crippen molar-refractivity contribution in [3.05, 3.63) is 79.8 Å².